The van der Waals surface area contributed by atoms with E-state index in [0.717, 1.165) is 18.5 Å². The summed E-state index contributed by atoms with van der Waals surface area (Å²) in [5.41, 5.74) is 0.965. The van der Waals surface area contributed by atoms with Crippen LogP contribution in [0.5, 0.6) is 11.6 Å². The zero-order chi connectivity index (χ0) is 26.1. The Kier molecular flexibility index (Phi) is 7.04. The molecule has 0 bridgehead atoms. The third-order valence-corrected chi connectivity index (χ3v) is 7.55. The molecule has 4 rings (SSSR count). The molecule has 0 saturated carbocycles. The molecule has 1 aliphatic rings. The number of amides is 1. The minimum Gasteiger partial charge on any atom is -0.439 e. The molecule has 0 aliphatic carbocycles. The van der Waals surface area contributed by atoms with Gasteiger partial charge in [0.05, 0.1) is 5.56 Å². The van der Waals surface area contributed by atoms with E-state index < -0.39 is 15.9 Å². The Morgan fingerprint density at radius 3 is 2.56 bits per heavy atom. The van der Waals surface area contributed by atoms with Crippen molar-refractivity contribution >= 4 is 21.7 Å². The van der Waals surface area contributed by atoms with Gasteiger partial charge in [0, 0.05) is 24.3 Å². The van der Waals surface area contributed by atoms with Gasteiger partial charge in [0.2, 0.25) is 5.88 Å². The zero-order valence-corrected chi connectivity index (χ0v) is 22.0. The summed E-state index contributed by atoms with van der Waals surface area (Å²) < 4.78 is 34.3. The monoisotopic (exact) mass is 508 g/mol. The Hall–Kier alpha value is -3.46. The second-order valence-electron chi connectivity index (χ2n) is 10.2. The van der Waals surface area contributed by atoms with Crippen LogP contribution in [0.25, 0.3) is 0 Å². The van der Waals surface area contributed by atoms with E-state index in [1.54, 1.807) is 24.4 Å². The van der Waals surface area contributed by atoms with Crippen molar-refractivity contribution in [1.82, 2.24) is 14.7 Å². The molecular formula is C27H32N4O4S. The highest BCUT2D eigenvalue weighted by Crippen LogP contribution is 2.37. The van der Waals surface area contributed by atoms with E-state index in [-0.39, 0.29) is 27.9 Å². The maximum absolute atomic E-state index is 13.2. The maximum atomic E-state index is 13.2. The lowest BCUT2D eigenvalue weighted by molar-refractivity contribution is 0.0981. The van der Waals surface area contributed by atoms with E-state index in [9.17, 15) is 13.2 Å². The molecule has 1 aromatic carbocycles. The van der Waals surface area contributed by atoms with E-state index in [2.05, 4.69) is 40.4 Å². The van der Waals surface area contributed by atoms with Crippen LogP contribution >= 0.6 is 0 Å². The summed E-state index contributed by atoms with van der Waals surface area (Å²) in [6, 6.07) is 15.2. The quantitative estimate of drug-likeness (QED) is 0.472. The highest BCUT2D eigenvalue weighted by atomic mass is 32.2. The minimum absolute atomic E-state index is 0.119. The van der Waals surface area contributed by atoms with Crippen molar-refractivity contribution in [3.63, 3.8) is 0 Å². The zero-order valence-electron chi connectivity index (χ0n) is 21.2. The molecule has 190 valence electrons. The van der Waals surface area contributed by atoms with Crippen molar-refractivity contribution in [2.24, 2.45) is 5.92 Å². The average Bonchev–Trinajstić information content (AvgIpc) is 3.10. The summed E-state index contributed by atoms with van der Waals surface area (Å²) in [4.78, 5) is 23.9. The Morgan fingerprint density at radius 1 is 1.11 bits per heavy atom. The fourth-order valence-corrected chi connectivity index (χ4v) is 5.67. The molecule has 3 aromatic rings. The van der Waals surface area contributed by atoms with Crippen LogP contribution in [0.2, 0.25) is 0 Å². The summed E-state index contributed by atoms with van der Waals surface area (Å²) in [5, 5.41) is -0.309. The van der Waals surface area contributed by atoms with E-state index >= 15 is 0 Å². The topological polar surface area (TPSA) is 101 Å². The maximum Gasteiger partial charge on any atom is 0.281 e. The molecule has 2 aromatic heterocycles. The van der Waals surface area contributed by atoms with Crippen LogP contribution < -0.4 is 14.4 Å². The molecular weight excluding hydrogens is 476 g/mol. The highest BCUT2D eigenvalue weighted by molar-refractivity contribution is 7.90. The number of rotatable bonds is 7. The first-order valence-electron chi connectivity index (χ1n) is 12.0. The summed E-state index contributed by atoms with van der Waals surface area (Å²) in [5.74, 6) is 1.06. The lowest BCUT2D eigenvalue weighted by Gasteiger charge is -2.33. The predicted molar refractivity (Wildman–Crippen MR) is 139 cm³/mol. The van der Waals surface area contributed by atoms with E-state index in [0.29, 0.717) is 17.5 Å². The second-order valence-corrected chi connectivity index (χ2v) is 11.8. The number of para-hydroxylation sites is 1. The van der Waals surface area contributed by atoms with Crippen LogP contribution in [-0.4, -0.2) is 36.4 Å². The lowest BCUT2D eigenvalue weighted by atomic mass is 9.97. The van der Waals surface area contributed by atoms with Crippen LogP contribution in [0, 0.1) is 5.92 Å². The van der Waals surface area contributed by atoms with Gasteiger partial charge in [0.1, 0.15) is 11.6 Å². The SMILES string of the molecule is CC1CN(c2ncccc2C(=O)NS(=O)(=O)c2cccc(Oc3ccccc3C(C)C)n2)C(C)(C)C1. The number of ether oxygens (including phenoxy) is 1. The molecule has 1 saturated heterocycles. The molecule has 36 heavy (non-hydrogen) atoms. The Morgan fingerprint density at radius 2 is 1.86 bits per heavy atom. The number of sulfonamides is 1. The van der Waals surface area contributed by atoms with Crippen molar-refractivity contribution in [3.05, 3.63) is 71.9 Å². The van der Waals surface area contributed by atoms with Gasteiger partial charge in [-0.2, -0.15) is 13.4 Å². The smallest absolute Gasteiger partial charge is 0.281 e. The molecule has 1 atom stereocenters. The van der Waals surface area contributed by atoms with Crippen molar-refractivity contribution in [2.75, 3.05) is 11.4 Å². The van der Waals surface area contributed by atoms with Gasteiger partial charge in [-0.15, -0.1) is 0 Å². The second kappa shape index (κ2) is 9.89. The molecule has 3 heterocycles. The lowest BCUT2D eigenvalue weighted by Crippen LogP contribution is -2.41. The van der Waals surface area contributed by atoms with Gasteiger partial charge >= 0.3 is 0 Å². The number of aromatic nitrogens is 2. The number of carbonyl (C=O) groups is 1. The number of anilines is 1. The molecule has 8 nitrogen and oxygen atoms in total. The Balaban J connectivity index is 1.58. The number of hydrogen-bond acceptors (Lipinski definition) is 7. The third kappa shape index (κ3) is 5.36. The number of carbonyl (C=O) groups excluding carboxylic acids is 1. The molecule has 1 N–H and O–H groups in total. The standard InChI is InChI=1S/C27H32N4O4S/c1-18(2)20-10-6-7-12-22(20)35-23-13-8-14-24(29-23)36(33,34)30-26(32)21-11-9-15-28-25(21)31-17-19(3)16-27(31,4)5/h6-15,18-19H,16-17H2,1-5H3,(H,30,32). The predicted octanol–water partition coefficient (Wildman–Crippen LogP) is 5.14. The number of nitrogens with zero attached hydrogens (tertiary/aromatic N) is 3. The molecule has 1 fully saturated rings. The van der Waals surface area contributed by atoms with Gasteiger partial charge in [-0.3, -0.25) is 4.79 Å². The number of benzene rings is 1. The van der Waals surface area contributed by atoms with Crippen LogP contribution in [0.1, 0.15) is 62.9 Å². The fraction of sp³-hybridized carbons (Fsp3) is 0.370. The summed E-state index contributed by atoms with van der Waals surface area (Å²) >= 11 is 0. The van der Waals surface area contributed by atoms with E-state index in [4.69, 9.17) is 4.74 Å². The number of nitrogens with one attached hydrogen (secondary N) is 1. The van der Waals surface area contributed by atoms with Gasteiger partial charge < -0.3 is 9.64 Å². The first-order chi connectivity index (χ1) is 17.0. The number of pyridine rings is 2. The summed E-state index contributed by atoms with van der Waals surface area (Å²) in [6.45, 7) is 11.2. The van der Waals surface area contributed by atoms with Crippen molar-refractivity contribution in [2.45, 2.75) is 57.5 Å². The Bertz CT molecular complexity index is 1370. The van der Waals surface area contributed by atoms with Crippen LogP contribution in [-0.2, 0) is 10.0 Å². The Labute approximate surface area is 212 Å². The minimum atomic E-state index is -4.27. The third-order valence-electron chi connectivity index (χ3n) is 6.32. The van der Waals surface area contributed by atoms with Crippen LogP contribution in [0.3, 0.4) is 0 Å². The number of hydrogen-bond donors (Lipinski definition) is 1. The normalized spacial score (nSPS) is 17.3. The van der Waals surface area contributed by atoms with Crippen molar-refractivity contribution < 1.29 is 17.9 Å². The van der Waals surface area contributed by atoms with Gasteiger partial charge in [-0.25, -0.2) is 9.71 Å². The molecule has 1 amide bonds. The van der Waals surface area contributed by atoms with Gasteiger partial charge in [-0.05, 0) is 61.9 Å². The summed E-state index contributed by atoms with van der Waals surface area (Å²) in [6.07, 6.45) is 2.55. The van der Waals surface area contributed by atoms with Gasteiger partial charge in [-0.1, -0.05) is 45.0 Å². The van der Waals surface area contributed by atoms with Crippen molar-refractivity contribution in [3.8, 4) is 11.6 Å². The van der Waals surface area contributed by atoms with Crippen LogP contribution in [0.15, 0.2) is 65.8 Å². The highest BCUT2D eigenvalue weighted by Gasteiger charge is 2.39. The van der Waals surface area contributed by atoms with Crippen molar-refractivity contribution in [1.29, 1.82) is 0 Å². The molecule has 9 heteroatoms. The van der Waals surface area contributed by atoms with Gasteiger partial charge in [0.25, 0.3) is 15.9 Å². The van der Waals surface area contributed by atoms with E-state index in [1.807, 2.05) is 38.1 Å². The molecule has 1 unspecified atom stereocenters. The first kappa shape index (κ1) is 25.6. The molecule has 0 spiro atoms. The summed E-state index contributed by atoms with van der Waals surface area (Å²) in [7, 11) is -4.27. The average molecular weight is 509 g/mol. The molecule has 0 radical (unpaired) electrons. The fourth-order valence-electron chi connectivity index (χ4n) is 4.74. The van der Waals surface area contributed by atoms with Crippen LogP contribution in [0.4, 0.5) is 5.82 Å². The van der Waals surface area contributed by atoms with Gasteiger partial charge in [0.15, 0.2) is 5.03 Å². The largest absolute Gasteiger partial charge is 0.439 e. The molecule has 1 aliphatic heterocycles. The first-order valence-corrected chi connectivity index (χ1v) is 13.5. The van der Waals surface area contributed by atoms with E-state index in [1.165, 1.54) is 12.1 Å².